The molecular weight excluding hydrogens is 286 g/mol. The molecule has 19 heavy (non-hydrogen) atoms. The Labute approximate surface area is 118 Å². The molecule has 0 radical (unpaired) electrons. The second-order valence-corrected chi connectivity index (χ2v) is 7.35. The van der Waals surface area contributed by atoms with Crippen LogP contribution in [0.15, 0.2) is 4.90 Å². The number of anilines is 2. The van der Waals surface area contributed by atoms with E-state index in [4.69, 9.17) is 10.5 Å². The Morgan fingerprint density at radius 3 is 2.58 bits per heavy atom. The van der Waals surface area contributed by atoms with Gasteiger partial charge in [-0.3, -0.25) is 0 Å². The van der Waals surface area contributed by atoms with Crippen molar-refractivity contribution in [2.24, 2.45) is 0 Å². The zero-order chi connectivity index (χ0) is 14.6. The molecule has 6 nitrogen and oxygen atoms in total. The first-order valence-electron chi connectivity index (χ1n) is 6.08. The van der Waals surface area contributed by atoms with Crippen molar-refractivity contribution >= 4 is 32.2 Å². The highest BCUT2D eigenvalue weighted by atomic mass is 32.2. The number of aromatic nitrogens is 1. The van der Waals surface area contributed by atoms with E-state index in [1.807, 2.05) is 18.7 Å². The molecule has 0 aliphatic rings. The van der Waals surface area contributed by atoms with Gasteiger partial charge in [-0.1, -0.05) is 6.92 Å². The number of hydrogen-bond acceptors (Lipinski definition) is 7. The monoisotopic (exact) mass is 307 g/mol. The quantitative estimate of drug-likeness (QED) is 0.819. The van der Waals surface area contributed by atoms with Crippen molar-refractivity contribution in [3.8, 4) is 0 Å². The average molecular weight is 307 g/mol. The Kier molecular flexibility index (Phi) is 5.57. The van der Waals surface area contributed by atoms with Crippen molar-refractivity contribution in [3.63, 3.8) is 0 Å². The predicted molar refractivity (Wildman–Crippen MR) is 78.6 cm³/mol. The number of sulfone groups is 1. The summed E-state index contributed by atoms with van der Waals surface area (Å²) in [5.74, 6) is 0.101. The van der Waals surface area contributed by atoms with Crippen LogP contribution in [0.1, 0.15) is 20.8 Å². The molecular formula is C11H21N3O3S2. The highest BCUT2D eigenvalue weighted by Gasteiger charge is 2.28. The molecule has 1 aromatic heterocycles. The van der Waals surface area contributed by atoms with Crippen LogP contribution in [-0.4, -0.2) is 44.8 Å². The molecule has 0 aliphatic carbocycles. The minimum absolute atomic E-state index is 0.0127. The Bertz CT molecular complexity index is 511. The van der Waals surface area contributed by atoms with Crippen LogP contribution in [0, 0.1) is 0 Å². The van der Waals surface area contributed by atoms with Crippen LogP contribution in [0.2, 0.25) is 0 Å². The number of nitrogen functional groups attached to an aromatic ring is 1. The molecule has 110 valence electrons. The molecule has 0 saturated heterocycles. The van der Waals surface area contributed by atoms with Crippen molar-refractivity contribution < 1.29 is 13.2 Å². The first kappa shape index (κ1) is 16.2. The summed E-state index contributed by atoms with van der Waals surface area (Å²) in [6, 6.07) is 0.140. The fraction of sp³-hybridized carbons (Fsp3) is 0.727. The molecule has 2 N–H and O–H groups in total. The lowest BCUT2D eigenvalue weighted by Gasteiger charge is -2.27. The Morgan fingerprint density at radius 2 is 2.11 bits per heavy atom. The van der Waals surface area contributed by atoms with E-state index < -0.39 is 9.84 Å². The Hall–Kier alpha value is -0.860. The Balaban J connectivity index is 3.25. The fourth-order valence-corrected chi connectivity index (χ4v) is 4.15. The van der Waals surface area contributed by atoms with Gasteiger partial charge in [-0.05, 0) is 25.4 Å². The third-order valence-corrected chi connectivity index (χ3v) is 5.58. The third kappa shape index (κ3) is 3.58. The van der Waals surface area contributed by atoms with Gasteiger partial charge in [-0.15, -0.1) is 0 Å². The lowest BCUT2D eigenvalue weighted by atomic mass is 10.3. The molecule has 0 fully saturated rings. The van der Waals surface area contributed by atoms with E-state index in [0.29, 0.717) is 18.2 Å². The van der Waals surface area contributed by atoms with Gasteiger partial charge < -0.3 is 15.4 Å². The van der Waals surface area contributed by atoms with Crippen molar-refractivity contribution in [2.75, 3.05) is 36.6 Å². The number of nitrogens with two attached hydrogens (primary N) is 1. The summed E-state index contributed by atoms with van der Waals surface area (Å²) in [6.07, 6.45) is 0. The number of ether oxygens (including phenoxy) is 1. The number of hydrogen-bond donors (Lipinski definition) is 1. The van der Waals surface area contributed by atoms with Crippen molar-refractivity contribution in [1.29, 1.82) is 0 Å². The van der Waals surface area contributed by atoms with E-state index >= 15 is 0 Å². The molecule has 8 heteroatoms. The highest BCUT2D eigenvalue weighted by molar-refractivity contribution is 7.91. The van der Waals surface area contributed by atoms with E-state index in [2.05, 4.69) is 4.37 Å². The van der Waals surface area contributed by atoms with Crippen molar-refractivity contribution in [3.05, 3.63) is 0 Å². The average Bonchev–Trinajstić information content (AvgIpc) is 2.72. The van der Waals surface area contributed by atoms with Gasteiger partial charge in [-0.2, -0.15) is 4.37 Å². The van der Waals surface area contributed by atoms with Crippen LogP contribution in [0.3, 0.4) is 0 Å². The highest BCUT2D eigenvalue weighted by Crippen LogP contribution is 2.36. The first-order valence-corrected chi connectivity index (χ1v) is 8.51. The molecule has 1 rings (SSSR count). The smallest absolute Gasteiger partial charge is 0.184 e. The van der Waals surface area contributed by atoms with E-state index in [0.717, 1.165) is 11.5 Å². The lowest BCUT2D eigenvalue weighted by Crippen LogP contribution is -2.34. The zero-order valence-corrected chi connectivity index (χ0v) is 13.3. The van der Waals surface area contributed by atoms with Gasteiger partial charge in [0.2, 0.25) is 0 Å². The molecule has 0 aromatic carbocycles. The van der Waals surface area contributed by atoms with Gasteiger partial charge >= 0.3 is 0 Å². The molecule has 0 unspecified atom stereocenters. The van der Waals surface area contributed by atoms with Crippen LogP contribution in [-0.2, 0) is 14.6 Å². The zero-order valence-electron chi connectivity index (χ0n) is 11.7. The topological polar surface area (TPSA) is 85.5 Å². The Morgan fingerprint density at radius 1 is 1.47 bits per heavy atom. The molecule has 1 aromatic rings. The standard InChI is InChI=1S/C11H21N3O3S2/c1-5-19(15,16)9-10(12)13-18-11(9)14(8(2)3)6-7-17-4/h8H,5-7H2,1-4H3,(H2,12,13). The minimum atomic E-state index is -3.38. The normalized spacial score (nSPS) is 12.1. The largest absolute Gasteiger partial charge is 0.383 e. The number of rotatable bonds is 7. The second kappa shape index (κ2) is 6.53. The summed E-state index contributed by atoms with van der Waals surface area (Å²) in [7, 11) is -1.77. The van der Waals surface area contributed by atoms with Gasteiger partial charge in [-0.25, -0.2) is 8.42 Å². The maximum Gasteiger partial charge on any atom is 0.184 e. The maximum absolute atomic E-state index is 12.1. The molecule has 0 spiro atoms. The van der Waals surface area contributed by atoms with Gasteiger partial charge in [0, 0.05) is 19.7 Å². The van der Waals surface area contributed by atoms with Crippen LogP contribution < -0.4 is 10.6 Å². The predicted octanol–water partition coefficient (Wildman–Crippen LogP) is 1.38. The van der Waals surface area contributed by atoms with E-state index in [1.54, 1.807) is 14.0 Å². The van der Waals surface area contributed by atoms with Crippen molar-refractivity contribution in [1.82, 2.24) is 4.37 Å². The van der Waals surface area contributed by atoms with Crippen LogP contribution in [0.5, 0.6) is 0 Å². The number of nitrogens with zero attached hydrogens (tertiary/aromatic N) is 2. The second-order valence-electron chi connectivity index (χ2n) is 4.39. The van der Waals surface area contributed by atoms with E-state index in [-0.39, 0.29) is 22.5 Å². The summed E-state index contributed by atoms with van der Waals surface area (Å²) in [6.45, 7) is 6.70. The third-order valence-electron chi connectivity index (χ3n) is 2.77. The molecule has 0 atom stereocenters. The van der Waals surface area contributed by atoms with E-state index in [9.17, 15) is 8.42 Å². The summed E-state index contributed by atoms with van der Waals surface area (Å²) in [4.78, 5) is 2.12. The van der Waals surface area contributed by atoms with Crippen LogP contribution >= 0.6 is 11.5 Å². The van der Waals surface area contributed by atoms with Gasteiger partial charge in [0.1, 0.15) is 9.90 Å². The van der Waals surface area contributed by atoms with Crippen LogP contribution in [0.25, 0.3) is 0 Å². The summed E-state index contributed by atoms with van der Waals surface area (Å²) < 4.78 is 33.3. The molecule has 1 heterocycles. The van der Waals surface area contributed by atoms with E-state index in [1.165, 1.54) is 0 Å². The minimum Gasteiger partial charge on any atom is -0.383 e. The molecule has 0 saturated carbocycles. The molecule has 0 aliphatic heterocycles. The number of methoxy groups -OCH3 is 1. The van der Waals surface area contributed by atoms with Gasteiger partial charge in [0.15, 0.2) is 15.7 Å². The first-order chi connectivity index (χ1) is 8.85. The fourth-order valence-electron chi connectivity index (χ4n) is 1.69. The molecule has 0 amide bonds. The van der Waals surface area contributed by atoms with Gasteiger partial charge in [0.05, 0.1) is 12.4 Å². The lowest BCUT2D eigenvalue weighted by molar-refractivity contribution is 0.204. The summed E-state index contributed by atoms with van der Waals surface area (Å²) in [5, 5.41) is 0.603. The molecule has 0 bridgehead atoms. The maximum atomic E-state index is 12.1. The SMILES string of the molecule is CCS(=O)(=O)c1c(N)nsc1N(CCOC)C(C)C. The summed E-state index contributed by atoms with van der Waals surface area (Å²) >= 11 is 1.12. The summed E-state index contributed by atoms with van der Waals surface area (Å²) in [5.41, 5.74) is 5.73. The van der Waals surface area contributed by atoms with Crippen molar-refractivity contribution in [2.45, 2.75) is 31.7 Å². The van der Waals surface area contributed by atoms with Crippen LogP contribution in [0.4, 0.5) is 10.8 Å². The van der Waals surface area contributed by atoms with Gasteiger partial charge in [0.25, 0.3) is 0 Å².